The van der Waals surface area contributed by atoms with Gasteiger partial charge in [0.15, 0.2) is 0 Å². The fourth-order valence-corrected chi connectivity index (χ4v) is 0.823. The van der Waals surface area contributed by atoms with Crippen molar-refractivity contribution < 1.29 is 5.11 Å². The second-order valence-electron chi connectivity index (χ2n) is 2.17. The van der Waals surface area contributed by atoms with Crippen molar-refractivity contribution in [3.63, 3.8) is 0 Å². The molecule has 0 spiro atoms. The molecule has 1 rings (SSSR count). The third kappa shape index (κ3) is 0.924. The Bertz CT molecular complexity index is 57.1. The van der Waals surface area contributed by atoms with Crippen molar-refractivity contribution in [2.75, 3.05) is 13.2 Å². The zero-order chi connectivity index (χ0) is 5.28. The predicted molar refractivity (Wildman–Crippen MR) is 27.7 cm³/mol. The van der Waals surface area contributed by atoms with Crippen molar-refractivity contribution in [3.05, 3.63) is 0 Å². The van der Waals surface area contributed by atoms with E-state index in [0.717, 1.165) is 13.0 Å². The summed E-state index contributed by atoms with van der Waals surface area (Å²) < 4.78 is 0. The molecule has 0 amide bonds. The molecule has 7 heavy (non-hydrogen) atoms. The smallest absolute Gasteiger partial charge is 0.0462 e. The number of rotatable bonds is 2. The van der Waals surface area contributed by atoms with E-state index >= 15 is 0 Å². The van der Waals surface area contributed by atoms with Crippen molar-refractivity contribution in [2.24, 2.45) is 17.6 Å². The Labute approximate surface area is 43.3 Å². The highest BCUT2D eigenvalue weighted by molar-refractivity contribution is 4.85. The maximum Gasteiger partial charge on any atom is 0.0462 e. The molecule has 2 nitrogen and oxygen atoms in total. The van der Waals surface area contributed by atoms with E-state index in [4.69, 9.17) is 10.8 Å². The molecule has 0 aromatic rings. The molecule has 1 aliphatic rings. The summed E-state index contributed by atoms with van der Waals surface area (Å²) in [4.78, 5) is 0. The summed E-state index contributed by atoms with van der Waals surface area (Å²) in [6.45, 7) is 1.09. The second-order valence-corrected chi connectivity index (χ2v) is 2.17. The summed E-state index contributed by atoms with van der Waals surface area (Å²) in [7, 11) is 0. The lowest BCUT2D eigenvalue weighted by Gasteiger charge is -1.85. The van der Waals surface area contributed by atoms with Crippen molar-refractivity contribution in [3.8, 4) is 0 Å². The van der Waals surface area contributed by atoms with E-state index in [1.165, 1.54) is 0 Å². The molecule has 0 heterocycles. The number of hydrogen-bond acceptors (Lipinski definition) is 2. The van der Waals surface area contributed by atoms with Crippen LogP contribution >= 0.6 is 0 Å². The van der Waals surface area contributed by atoms with Gasteiger partial charge in [-0.1, -0.05) is 0 Å². The second kappa shape index (κ2) is 1.80. The monoisotopic (exact) mass is 101 g/mol. The summed E-state index contributed by atoms with van der Waals surface area (Å²) in [5, 5.41) is 8.45. The Hall–Kier alpha value is -0.0800. The summed E-state index contributed by atoms with van der Waals surface area (Å²) in [6, 6.07) is 0. The van der Waals surface area contributed by atoms with Crippen LogP contribution in [0, 0.1) is 11.8 Å². The fraction of sp³-hybridized carbons (Fsp3) is 1.00. The molecule has 1 aliphatic carbocycles. The minimum atomic E-state index is 0.335. The Morgan fingerprint density at radius 1 is 1.57 bits per heavy atom. The summed E-state index contributed by atoms with van der Waals surface area (Å²) in [5.74, 6) is 1.19. The summed E-state index contributed by atoms with van der Waals surface area (Å²) >= 11 is 0. The van der Waals surface area contributed by atoms with Crippen LogP contribution in [0.15, 0.2) is 0 Å². The Balaban J connectivity index is 2.06. The van der Waals surface area contributed by atoms with E-state index in [1.807, 2.05) is 0 Å². The van der Waals surface area contributed by atoms with E-state index in [1.54, 1.807) is 0 Å². The average Bonchev–Trinajstić information content (AvgIpc) is 2.43. The number of aliphatic hydroxyl groups excluding tert-OH is 1. The lowest BCUT2D eigenvalue weighted by atomic mass is 10.3. The van der Waals surface area contributed by atoms with Crippen LogP contribution in [0.2, 0.25) is 0 Å². The van der Waals surface area contributed by atoms with Crippen molar-refractivity contribution in [1.82, 2.24) is 0 Å². The summed E-state index contributed by atoms with van der Waals surface area (Å²) in [5.41, 5.74) is 5.29. The van der Waals surface area contributed by atoms with Gasteiger partial charge in [-0.05, 0) is 24.8 Å². The maximum absolute atomic E-state index is 8.45. The van der Waals surface area contributed by atoms with E-state index in [2.05, 4.69) is 0 Å². The van der Waals surface area contributed by atoms with Gasteiger partial charge in [0.05, 0.1) is 0 Å². The highest BCUT2D eigenvalue weighted by atomic mass is 16.3. The van der Waals surface area contributed by atoms with E-state index in [-0.39, 0.29) is 0 Å². The third-order valence-corrected chi connectivity index (χ3v) is 1.61. The molecule has 1 saturated carbocycles. The summed E-state index contributed by atoms with van der Waals surface area (Å²) in [6.07, 6.45) is 1.15. The van der Waals surface area contributed by atoms with Gasteiger partial charge in [-0.25, -0.2) is 0 Å². The molecule has 0 aromatic heterocycles. The zero-order valence-electron chi connectivity index (χ0n) is 4.30. The lowest BCUT2D eigenvalue weighted by molar-refractivity contribution is 0.269. The van der Waals surface area contributed by atoms with Crippen LogP contribution in [0.5, 0.6) is 0 Å². The van der Waals surface area contributed by atoms with Crippen molar-refractivity contribution in [1.29, 1.82) is 0 Å². The van der Waals surface area contributed by atoms with Crippen LogP contribution in [0.1, 0.15) is 6.42 Å². The lowest BCUT2D eigenvalue weighted by Crippen LogP contribution is -2.03. The number of aliphatic hydroxyl groups is 1. The topological polar surface area (TPSA) is 46.2 Å². The average molecular weight is 101 g/mol. The molecule has 1 unspecified atom stereocenters. The first-order chi connectivity index (χ1) is 3.38. The van der Waals surface area contributed by atoms with E-state index in [9.17, 15) is 0 Å². The minimum absolute atomic E-state index is 0.335. The van der Waals surface area contributed by atoms with Crippen LogP contribution in [-0.2, 0) is 0 Å². The molecule has 3 N–H and O–H groups in total. The first-order valence-electron chi connectivity index (χ1n) is 2.69. The van der Waals surface area contributed by atoms with Crippen LogP contribution in [0.3, 0.4) is 0 Å². The van der Waals surface area contributed by atoms with Gasteiger partial charge in [0.2, 0.25) is 0 Å². The molecule has 0 radical (unpaired) electrons. The van der Waals surface area contributed by atoms with Gasteiger partial charge in [0, 0.05) is 6.61 Å². The first-order valence-corrected chi connectivity index (χ1v) is 2.69. The van der Waals surface area contributed by atoms with Gasteiger partial charge >= 0.3 is 0 Å². The van der Waals surface area contributed by atoms with Gasteiger partial charge in [-0.2, -0.15) is 0 Å². The normalized spacial score (nSPS) is 38.6. The number of nitrogens with two attached hydrogens (primary N) is 1. The molecule has 0 bridgehead atoms. The van der Waals surface area contributed by atoms with Crippen LogP contribution in [0.25, 0.3) is 0 Å². The largest absolute Gasteiger partial charge is 0.396 e. The van der Waals surface area contributed by atoms with Crippen LogP contribution < -0.4 is 5.73 Å². The van der Waals surface area contributed by atoms with Gasteiger partial charge in [-0.15, -0.1) is 0 Å². The van der Waals surface area contributed by atoms with E-state index in [0.29, 0.717) is 18.4 Å². The quantitative estimate of drug-likeness (QED) is 0.496. The van der Waals surface area contributed by atoms with E-state index < -0.39 is 0 Å². The molecule has 2 heteroatoms. The standard InChI is InChI=1S/C5H11NO/c6-2-4-1-5(4)3-7/h4-5,7H,1-3,6H2/t4-,5?/m1/s1. The fourth-order valence-electron chi connectivity index (χ4n) is 0.823. The van der Waals surface area contributed by atoms with Gasteiger partial charge in [-0.3, -0.25) is 0 Å². The van der Waals surface area contributed by atoms with Gasteiger partial charge in [0.1, 0.15) is 0 Å². The third-order valence-electron chi connectivity index (χ3n) is 1.61. The van der Waals surface area contributed by atoms with Crippen molar-refractivity contribution in [2.45, 2.75) is 6.42 Å². The molecular formula is C5H11NO. The molecule has 2 atom stereocenters. The molecule has 0 saturated heterocycles. The SMILES string of the molecule is NC[C@H]1CC1CO. The van der Waals surface area contributed by atoms with Crippen LogP contribution in [-0.4, -0.2) is 18.3 Å². The van der Waals surface area contributed by atoms with Gasteiger partial charge < -0.3 is 10.8 Å². The first kappa shape index (κ1) is 5.06. The Morgan fingerprint density at radius 3 is 2.43 bits per heavy atom. The highest BCUT2D eigenvalue weighted by Crippen LogP contribution is 2.36. The zero-order valence-corrected chi connectivity index (χ0v) is 4.30. The van der Waals surface area contributed by atoms with Gasteiger partial charge in [0.25, 0.3) is 0 Å². The Morgan fingerprint density at radius 2 is 2.29 bits per heavy atom. The maximum atomic E-state index is 8.45. The van der Waals surface area contributed by atoms with Crippen LogP contribution in [0.4, 0.5) is 0 Å². The minimum Gasteiger partial charge on any atom is -0.396 e. The molecule has 0 aliphatic heterocycles. The Kier molecular flexibility index (Phi) is 1.30. The molecule has 0 aromatic carbocycles. The van der Waals surface area contributed by atoms with Crippen molar-refractivity contribution >= 4 is 0 Å². The molecule has 1 fully saturated rings. The predicted octanol–water partition coefficient (Wildman–Crippen LogP) is -0.426. The highest BCUT2D eigenvalue weighted by Gasteiger charge is 2.34. The number of hydrogen-bond donors (Lipinski definition) is 2. The molecular weight excluding hydrogens is 90.1 g/mol. The molecule has 42 valence electrons.